The largest absolute Gasteiger partial charge is 0.382 e. The predicted octanol–water partition coefficient (Wildman–Crippen LogP) is 0.324. The van der Waals surface area contributed by atoms with Crippen LogP contribution in [0.2, 0.25) is 0 Å². The summed E-state index contributed by atoms with van der Waals surface area (Å²) in [6.45, 7) is 1.26. The number of hydrogen-bond acceptors (Lipinski definition) is 4. The molecule has 0 fully saturated rings. The van der Waals surface area contributed by atoms with Gasteiger partial charge in [-0.15, -0.1) is 0 Å². The van der Waals surface area contributed by atoms with Crippen LogP contribution in [0.4, 0.5) is 5.69 Å². The van der Waals surface area contributed by atoms with Gasteiger partial charge in [-0.25, -0.2) is 0 Å². The number of anilines is 1. The van der Waals surface area contributed by atoms with Crippen molar-refractivity contribution in [2.75, 3.05) is 18.4 Å². The van der Waals surface area contributed by atoms with Gasteiger partial charge in [-0.3, -0.25) is 4.98 Å². The SMILES string of the molecule is N#Cc1cncc(NCCN)c1. The molecule has 4 heteroatoms. The van der Waals surface area contributed by atoms with Crippen LogP contribution < -0.4 is 11.1 Å². The summed E-state index contributed by atoms with van der Waals surface area (Å²) in [5, 5.41) is 11.6. The van der Waals surface area contributed by atoms with E-state index in [1.54, 1.807) is 12.3 Å². The molecule has 0 aliphatic heterocycles. The highest BCUT2D eigenvalue weighted by Gasteiger charge is 1.93. The molecule has 3 N–H and O–H groups in total. The van der Waals surface area contributed by atoms with E-state index >= 15 is 0 Å². The topological polar surface area (TPSA) is 74.7 Å². The first kappa shape index (κ1) is 8.50. The molecule has 0 radical (unpaired) electrons. The van der Waals surface area contributed by atoms with Crippen LogP contribution in [0, 0.1) is 11.3 Å². The minimum atomic E-state index is 0.553. The number of aromatic nitrogens is 1. The summed E-state index contributed by atoms with van der Waals surface area (Å²) in [5.41, 5.74) is 6.68. The zero-order chi connectivity index (χ0) is 8.81. The molecule has 0 amide bonds. The van der Waals surface area contributed by atoms with E-state index in [2.05, 4.69) is 10.3 Å². The van der Waals surface area contributed by atoms with Crippen LogP contribution in [0.3, 0.4) is 0 Å². The smallest absolute Gasteiger partial charge is 0.101 e. The van der Waals surface area contributed by atoms with Gasteiger partial charge in [0.1, 0.15) is 6.07 Å². The van der Waals surface area contributed by atoms with E-state index in [1.807, 2.05) is 6.07 Å². The molecule has 0 unspecified atom stereocenters. The van der Waals surface area contributed by atoms with E-state index in [0.717, 1.165) is 5.69 Å². The lowest BCUT2D eigenvalue weighted by molar-refractivity contribution is 1.02. The summed E-state index contributed by atoms with van der Waals surface area (Å²) < 4.78 is 0. The minimum Gasteiger partial charge on any atom is -0.382 e. The molecule has 0 saturated carbocycles. The lowest BCUT2D eigenvalue weighted by Gasteiger charge is -2.02. The highest BCUT2D eigenvalue weighted by atomic mass is 14.9. The molecule has 0 bridgehead atoms. The molecule has 1 rings (SSSR count). The van der Waals surface area contributed by atoms with Crippen molar-refractivity contribution in [3.63, 3.8) is 0 Å². The molecule has 1 aromatic rings. The van der Waals surface area contributed by atoms with Gasteiger partial charge in [0.25, 0.3) is 0 Å². The van der Waals surface area contributed by atoms with Crippen molar-refractivity contribution < 1.29 is 0 Å². The highest BCUT2D eigenvalue weighted by molar-refractivity contribution is 5.46. The van der Waals surface area contributed by atoms with Gasteiger partial charge < -0.3 is 11.1 Å². The average Bonchev–Trinajstić information content (AvgIpc) is 2.15. The van der Waals surface area contributed by atoms with Gasteiger partial charge in [-0.1, -0.05) is 0 Å². The second kappa shape index (κ2) is 4.31. The van der Waals surface area contributed by atoms with Crippen molar-refractivity contribution in [3.05, 3.63) is 24.0 Å². The van der Waals surface area contributed by atoms with Crippen LogP contribution in [-0.2, 0) is 0 Å². The van der Waals surface area contributed by atoms with Crippen LogP contribution in [-0.4, -0.2) is 18.1 Å². The molecule has 0 atom stereocenters. The van der Waals surface area contributed by atoms with Crippen molar-refractivity contribution in [2.45, 2.75) is 0 Å². The second-order valence-electron chi connectivity index (χ2n) is 2.29. The van der Waals surface area contributed by atoms with Gasteiger partial charge >= 0.3 is 0 Å². The van der Waals surface area contributed by atoms with Gasteiger partial charge in [-0.2, -0.15) is 5.26 Å². The van der Waals surface area contributed by atoms with Crippen LogP contribution in [0.25, 0.3) is 0 Å². The zero-order valence-electron chi connectivity index (χ0n) is 6.62. The van der Waals surface area contributed by atoms with Crippen molar-refractivity contribution in [1.82, 2.24) is 4.98 Å². The number of nitrogens with one attached hydrogen (secondary N) is 1. The highest BCUT2D eigenvalue weighted by Crippen LogP contribution is 2.05. The molecule has 1 heterocycles. The molecule has 0 aliphatic carbocycles. The van der Waals surface area contributed by atoms with Gasteiger partial charge in [0.15, 0.2) is 0 Å². The normalized spacial score (nSPS) is 9.00. The van der Waals surface area contributed by atoms with E-state index in [9.17, 15) is 0 Å². The monoisotopic (exact) mass is 162 g/mol. The Labute approximate surface area is 71.0 Å². The van der Waals surface area contributed by atoms with Crippen molar-refractivity contribution in [1.29, 1.82) is 5.26 Å². The van der Waals surface area contributed by atoms with Crippen LogP contribution >= 0.6 is 0 Å². The van der Waals surface area contributed by atoms with Crippen molar-refractivity contribution in [3.8, 4) is 6.07 Å². The standard InChI is InChI=1S/C8H10N4/c9-1-2-12-8-3-7(4-10)5-11-6-8/h3,5-6,12H,1-2,9H2. The first-order valence-corrected chi connectivity index (χ1v) is 3.66. The Bertz CT molecular complexity index is 289. The minimum absolute atomic E-state index is 0.553. The van der Waals surface area contributed by atoms with Gasteiger partial charge in [0.2, 0.25) is 0 Å². The van der Waals surface area contributed by atoms with Gasteiger partial charge in [-0.05, 0) is 6.07 Å². The first-order valence-electron chi connectivity index (χ1n) is 3.66. The molecule has 1 aromatic heterocycles. The van der Waals surface area contributed by atoms with Crippen molar-refractivity contribution >= 4 is 5.69 Å². The summed E-state index contributed by atoms with van der Waals surface area (Å²) in [7, 11) is 0. The van der Waals surface area contributed by atoms with Gasteiger partial charge in [0, 0.05) is 19.3 Å². The number of nitriles is 1. The molecular weight excluding hydrogens is 152 g/mol. The number of rotatable bonds is 3. The van der Waals surface area contributed by atoms with Crippen LogP contribution in [0.1, 0.15) is 5.56 Å². The Morgan fingerprint density at radius 1 is 1.58 bits per heavy atom. The Morgan fingerprint density at radius 2 is 2.42 bits per heavy atom. The molecule has 4 nitrogen and oxygen atoms in total. The summed E-state index contributed by atoms with van der Waals surface area (Å²) in [5.74, 6) is 0. The maximum absolute atomic E-state index is 8.54. The fraction of sp³-hybridized carbons (Fsp3) is 0.250. The summed E-state index contributed by atoms with van der Waals surface area (Å²) in [6.07, 6.45) is 3.18. The van der Waals surface area contributed by atoms with Crippen LogP contribution in [0.5, 0.6) is 0 Å². The third kappa shape index (κ3) is 2.22. The maximum atomic E-state index is 8.54. The van der Waals surface area contributed by atoms with Crippen molar-refractivity contribution in [2.24, 2.45) is 5.73 Å². The second-order valence-corrected chi connectivity index (χ2v) is 2.29. The number of hydrogen-bond donors (Lipinski definition) is 2. The fourth-order valence-corrected chi connectivity index (χ4v) is 0.814. The molecule has 0 spiro atoms. The Hall–Kier alpha value is -1.60. The zero-order valence-corrected chi connectivity index (χ0v) is 6.62. The Morgan fingerprint density at radius 3 is 3.08 bits per heavy atom. The summed E-state index contributed by atoms with van der Waals surface area (Å²) >= 11 is 0. The molecular formula is C8H10N4. The molecule has 0 aromatic carbocycles. The van der Waals surface area contributed by atoms with Gasteiger partial charge in [0.05, 0.1) is 17.4 Å². The lowest BCUT2D eigenvalue weighted by atomic mass is 10.3. The Kier molecular flexibility index (Phi) is 3.05. The van der Waals surface area contributed by atoms with E-state index < -0.39 is 0 Å². The quantitative estimate of drug-likeness (QED) is 0.671. The fourth-order valence-electron chi connectivity index (χ4n) is 0.814. The third-order valence-electron chi connectivity index (χ3n) is 1.34. The molecule has 12 heavy (non-hydrogen) atoms. The Balaban J connectivity index is 2.68. The molecule has 62 valence electrons. The van der Waals surface area contributed by atoms with E-state index in [0.29, 0.717) is 18.7 Å². The maximum Gasteiger partial charge on any atom is 0.101 e. The predicted molar refractivity (Wildman–Crippen MR) is 46.5 cm³/mol. The molecule has 0 aliphatic rings. The third-order valence-corrected chi connectivity index (χ3v) is 1.34. The number of nitrogens with two attached hydrogens (primary N) is 1. The van der Waals surface area contributed by atoms with E-state index in [4.69, 9.17) is 11.0 Å². The average molecular weight is 162 g/mol. The first-order chi connectivity index (χ1) is 5.86. The van der Waals surface area contributed by atoms with E-state index in [-0.39, 0.29) is 0 Å². The lowest BCUT2D eigenvalue weighted by Crippen LogP contribution is -2.13. The number of nitrogens with zero attached hydrogens (tertiary/aromatic N) is 2. The van der Waals surface area contributed by atoms with Crippen LogP contribution in [0.15, 0.2) is 18.5 Å². The summed E-state index contributed by atoms with van der Waals surface area (Å²) in [6, 6.07) is 3.75. The number of pyridine rings is 1. The van der Waals surface area contributed by atoms with E-state index in [1.165, 1.54) is 6.20 Å². The molecule has 0 saturated heterocycles. The summed E-state index contributed by atoms with van der Waals surface area (Å²) in [4.78, 5) is 3.88.